The summed E-state index contributed by atoms with van der Waals surface area (Å²) in [5, 5.41) is 0. The minimum Gasteiger partial charge on any atom is -0.308 e. The quantitative estimate of drug-likeness (QED) is 0.493. The molecule has 0 aromatic carbocycles. The SMILES string of the molecule is CC(C)CSCc1nc2c(c(NN)n1)CCCCC2. The molecular weight excluding hydrogens is 256 g/mol. The molecule has 1 aromatic heterocycles. The standard InChI is InChI=1S/C14H24N4S/c1-10(2)8-19-9-13-16-12-7-5-3-4-6-11(12)14(17-13)18-15/h10H,3-9,15H2,1-2H3,(H,16,17,18). The molecule has 1 aromatic rings. The predicted octanol–water partition coefficient (Wildman–Crippen LogP) is 2.92. The van der Waals surface area contributed by atoms with Crippen molar-refractivity contribution in [3.05, 3.63) is 17.1 Å². The maximum Gasteiger partial charge on any atom is 0.147 e. The van der Waals surface area contributed by atoms with Crippen LogP contribution in [-0.4, -0.2) is 15.7 Å². The summed E-state index contributed by atoms with van der Waals surface area (Å²) in [6.45, 7) is 4.47. The van der Waals surface area contributed by atoms with Gasteiger partial charge in [-0.25, -0.2) is 15.8 Å². The molecule has 19 heavy (non-hydrogen) atoms. The monoisotopic (exact) mass is 280 g/mol. The van der Waals surface area contributed by atoms with E-state index in [1.165, 1.54) is 30.5 Å². The van der Waals surface area contributed by atoms with Crippen LogP contribution in [0.3, 0.4) is 0 Å². The molecule has 3 N–H and O–H groups in total. The molecular formula is C14H24N4S. The number of hydrazine groups is 1. The summed E-state index contributed by atoms with van der Waals surface area (Å²) in [7, 11) is 0. The zero-order chi connectivity index (χ0) is 13.7. The van der Waals surface area contributed by atoms with Crippen LogP contribution in [0.1, 0.15) is 50.2 Å². The van der Waals surface area contributed by atoms with Crippen LogP contribution in [0.4, 0.5) is 5.82 Å². The molecule has 1 aliphatic carbocycles. The van der Waals surface area contributed by atoms with Crippen LogP contribution in [0.5, 0.6) is 0 Å². The van der Waals surface area contributed by atoms with Crippen LogP contribution in [-0.2, 0) is 18.6 Å². The van der Waals surface area contributed by atoms with Gasteiger partial charge in [0.05, 0.1) is 5.75 Å². The number of fused-ring (bicyclic) bond motifs is 1. The summed E-state index contributed by atoms with van der Waals surface area (Å²) in [4.78, 5) is 9.33. The first-order valence-corrected chi connectivity index (χ1v) is 8.29. The average molecular weight is 280 g/mol. The van der Waals surface area contributed by atoms with Gasteiger partial charge in [0.15, 0.2) is 0 Å². The Labute approximate surface area is 119 Å². The Morgan fingerprint density at radius 2 is 2.00 bits per heavy atom. The molecule has 0 spiro atoms. The highest BCUT2D eigenvalue weighted by molar-refractivity contribution is 7.98. The Morgan fingerprint density at radius 3 is 2.74 bits per heavy atom. The van der Waals surface area contributed by atoms with Crippen molar-refractivity contribution in [1.82, 2.24) is 9.97 Å². The second-order valence-corrected chi connectivity index (χ2v) is 6.56. The van der Waals surface area contributed by atoms with E-state index in [0.29, 0.717) is 5.92 Å². The molecule has 0 unspecified atom stereocenters. The largest absolute Gasteiger partial charge is 0.308 e. The van der Waals surface area contributed by atoms with Crippen molar-refractivity contribution in [2.24, 2.45) is 11.8 Å². The molecule has 0 saturated heterocycles. The van der Waals surface area contributed by atoms with E-state index in [1.807, 2.05) is 11.8 Å². The van der Waals surface area contributed by atoms with Crippen molar-refractivity contribution in [2.45, 2.75) is 51.7 Å². The number of anilines is 1. The van der Waals surface area contributed by atoms with E-state index in [1.54, 1.807) is 0 Å². The van der Waals surface area contributed by atoms with E-state index >= 15 is 0 Å². The van der Waals surface area contributed by atoms with E-state index < -0.39 is 0 Å². The van der Waals surface area contributed by atoms with E-state index in [4.69, 9.17) is 10.8 Å². The van der Waals surface area contributed by atoms with Gasteiger partial charge in [0.25, 0.3) is 0 Å². The summed E-state index contributed by atoms with van der Waals surface area (Å²) < 4.78 is 0. The highest BCUT2D eigenvalue weighted by Crippen LogP contribution is 2.25. The molecule has 1 aliphatic rings. The van der Waals surface area contributed by atoms with Gasteiger partial charge < -0.3 is 5.43 Å². The first-order chi connectivity index (χ1) is 9.20. The number of hydrogen-bond acceptors (Lipinski definition) is 5. The topological polar surface area (TPSA) is 63.8 Å². The van der Waals surface area contributed by atoms with Crippen LogP contribution < -0.4 is 11.3 Å². The van der Waals surface area contributed by atoms with Crippen molar-refractivity contribution in [2.75, 3.05) is 11.2 Å². The lowest BCUT2D eigenvalue weighted by atomic mass is 10.1. The van der Waals surface area contributed by atoms with Crippen LogP contribution in [0.15, 0.2) is 0 Å². The van der Waals surface area contributed by atoms with Gasteiger partial charge in [-0.3, -0.25) is 0 Å². The normalized spacial score (nSPS) is 15.2. The van der Waals surface area contributed by atoms with Gasteiger partial charge in [0.1, 0.15) is 11.6 Å². The van der Waals surface area contributed by atoms with Gasteiger partial charge in [0.2, 0.25) is 0 Å². The second-order valence-electron chi connectivity index (χ2n) is 5.53. The molecule has 1 heterocycles. The van der Waals surface area contributed by atoms with Gasteiger partial charge in [-0.15, -0.1) is 0 Å². The van der Waals surface area contributed by atoms with E-state index in [-0.39, 0.29) is 0 Å². The summed E-state index contributed by atoms with van der Waals surface area (Å²) >= 11 is 1.90. The number of aromatic nitrogens is 2. The van der Waals surface area contributed by atoms with E-state index in [2.05, 4.69) is 24.3 Å². The lowest BCUT2D eigenvalue weighted by Crippen LogP contribution is -2.15. The number of nitrogen functional groups attached to an aromatic ring is 1. The van der Waals surface area contributed by atoms with Crippen LogP contribution >= 0.6 is 11.8 Å². The van der Waals surface area contributed by atoms with Crippen molar-refractivity contribution in [3.63, 3.8) is 0 Å². The highest BCUT2D eigenvalue weighted by Gasteiger charge is 2.16. The minimum absolute atomic E-state index is 0.706. The number of aryl methyl sites for hydroxylation is 1. The molecule has 0 saturated carbocycles. The van der Waals surface area contributed by atoms with Crippen LogP contribution in [0.25, 0.3) is 0 Å². The van der Waals surface area contributed by atoms with Gasteiger partial charge in [0, 0.05) is 11.3 Å². The lowest BCUT2D eigenvalue weighted by Gasteiger charge is -2.13. The fraction of sp³-hybridized carbons (Fsp3) is 0.714. The molecule has 5 heteroatoms. The summed E-state index contributed by atoms with van der Waals surface area (Å²) in [5.74, 6) is 10.1. The molecule has 0 bridgehead atoms. The zero-order valence-corrected chi connectivity index (χ0v) is 12.7. The van der Waals surface area contributed by atoms with Gasteiger partial charge >= 0.3 is 0 Å². The average Bonchev–Trinajstić information content (AvgIpc) is 2.62. The molecule has 0 fully saturated rings. The smallest absolute Gasteiger partial charge is 0.147 e. The van der Waals surface area contributed by atoms with Gasteiger partial charge in [-0.05, 0) is 37.4 Å². The fourth-order valence-corrected chi connectivity index (χ4v) is 3.29. The number of thioether (sulfide) groups is 1. The van der Waals surface area contributed by atoms with Crippen molar-refractivity contribution in [3.8, 4) is 0 Å². The van der Waals surface area contributed by atoms with E-state index in [0.717, 1.165) is 36.0 Å². The van der Waals surface area contributed by atoms with E-state index in [9.17, 15) is 0 Å². The van der Waals surface area contributed by atoms with Gasteiger partial charge in [-0.2, -0.15) is 11.8 Å². The Morgan fingerprint density at radius 1 is 1.21 bits per heavy atom. The zero-order valence-electron chi connectivity index (χ0n) is 11.9. The maximum absolute atomic E-state index is 5.62. The molecule has 0 radical (unpaired) electrons. The molecule has 0 atom stereocenters. The predicted molar refractivity (Wildman–Crippen MR) is 82.1 cm³/mol. The minimum atomic E-state index is 0.706. The summed E-state index contributed by atoms with van der Waals surface area (Å²) in [5.41, 5.74) is 5.20. The first kappa shape index (κ1) is 14.6. The maximum atomic E-state index is 5.62. The third-order valence-corrected chi connectivity index (χ3v) is 4.66. The fourth-order valence-electron chi connectivity index (χ4n) is 2.39. The number of nitrogens with zero attached hydrogens (tertiary/aromatic N) is 2. The number of nitrogens with one attached hydrogen (secondary N) is 1. The van der Waals surface area contributed by atoms with Crippen LogP contribution in [0.2, 0.25) is 0 Å². The van der Waals surface area contributed by atoms with Crippen LogP contribution in [0, 0.1) is 5.92 Å². The number of nitrogens with two attached hydrogens (primary N) is 1. The summed E-state index contributed by atoms with van der Waals surface area (Å²) in [6.07, 6.45) is 5.83. The Kier molecular flexibility index (Phi) is 5.45. The number of hydrogen-bond donors (Lipinski definition) is 2. The molecule has 106 valence electrons. The van der Waals surface area contributed by atoms with Crippen molar-refractivity contribution >= 4 is 17.6 Å². The van der Waals surface area contributed by atoms with Crippen molar-refractivity contribution < 1.29 is 0 Å². The molecule has 0 amide bonds. The lowest BCUT2D eigenvalue weighted by molar-refractivity contribution is 0.708. The Hall–Kier alpha value is -0.810. The van der Waals surface area contributed by atoms with Crippen molar-refractivity contribution in [1.29, 1.82) is 0 Å². The second kappa shape index (κ2) is 7.10. The Balaban J connectivity index is 2.14. The molecule has 0 aliphatic heterocycles. The van der Waals surface area contributed by atoms with Gasteiger partial charge in [-0.1, -0.05) is 20.3 Å². The molecule has 4 nitrogen and oxygen atoms in total. The molecule has 2 rings (SSSR count). The third kappa shape index (κ3) is 4.08. The Bertz CT molecular complexity index is 420. The number of rotatable bonds is 5. The summed E-state index contributed by atoms with van der Waals surface area (Å²) in [6, 6.07) is 0. The highest BCUT2D eigenvalue weighted by atomic mass is 32.2. The third-order valence-electron chi connectivity index (χ3n) is 3.30. The first-order valence-electron chi connectivity index (χ1n) is 7.13.